The van der Waals surface area contributed by atoms with E-state index in [0.29, 0.717) is 22.9 Å². The van der Waals surface area contributed by atoms with E-state index in [9.17, 15) is 4.79 Å². The Bertz CT molecular complexity index is 986. The minimum absolute atomic E-state index is 0.0235. The largest absolute Gasteiger partial charge is 0.268 e. The highest BCUT2D eigenvalue weighted by Gasteiger charge is 2.18. The number of hydrogen-bond donors (Lipinski definition) is 0. The van der Waals surface area contributed by atoms with Crippen LogP contribution >= 0.6 is 0 Å². The SMILES string of the molecule is C=C/C=C(\C=C)c1nc2c(c(=O)n1C1=CCCC=C1)=CC(C)C(C)C=2. The number of rotatable bonds is 4. The third-order valence-corrected chi connectivity index (χ3v) is 4.84. The third kappa shape index (κ3) is 3.14. The van der Waals surface area contributed by atoms with E-state index in [-0.39, 0.29) is 5.56 Å². The molecule has 0 amide bonds. The van der Waals surface area contributed by atoms with Crippen LogP contribution < -0.4 is 16.1 Å². The zero-order chi connectivity index (χ0) is 18.0. The van der Waals surface area contributed by atoms with E-state index in [2.05, 4.69) is 45.2 Å². The molecule has 0 aromatic carbocycles. The van der Waals surface area contributed by atoms with Gasteiger partial charge in [0.2, 0.25) is 0 Å². The van der Waals surface area contributed by atoms with Crippen LogP contribution in [0.1, 0.15) is 32.5 Å². The van der Waals surface area contributed by atoms with Crippen LogP contribution in [0.15, 0.2) is 54.4 Å². The standard InChI is InChI=1S/C22H24N2O/c1-5-10-17(6-2)21-23-20-14-16(4)15(3)13-19(20)22(25)24(21)18-11-8-7-9-12-18/h5-6,8,10-16H,1-2,7,9H2,3-4H3/b17-10+. The van der Waals surface area contributed by atoms with Crippen LogP contribution in [0, 0.1) is 11.8 Å². The summed E-state index contributed by atoms with van der Waals surface area (Å²) in [4.78, 5) is 18.2. The van der Waals surface area contributed by atoms with Gasteiger partial charge < -0.3 is 0 Å². The normalized spacial score (nSPS) is 22.3. The fourth-order valence-corrected chi connectivity index (χ4v) is 3.21. The summed E-state index contributed by atoms with van der Waals surface area (Å²) in [5.41, 5.74) is 1.64. The van der Waals surface area contributed by atoms with Crippen molar-refractivity contribution in [2.75, 3.05) is 0 Å². The van der Waals surface area contributed by atoms with Gasteiger partial charge in [0.25, 0.3) is 5.56 Å². The summed E-state index contributed by atoms with van der Waals surface area (Å²) in [6, 6.07) is 0. The first-order chi connectivity index (χ1) is 12.1. The first-order valence-electron chi connectivity index (χ1n) is 8.76. The summed E-state index contributed by atoms with van der Waals surface area (Å²) < 4.78 is 1.71. The molecule has 0 aliphatic heterocycles. The van der Waals surface area contributed by atoms with Crippen LogP contribution in [-0.2, 0) is 0 Å². The van der Waals surface area contributed by atoms with Crippen molar-refractivity contribution in [3.05, 3.63) is 76.4 Å². The van der Waals surface area contributed by atoms with Gasteiger partial charge in [0.05, 0.1) is 10.6 Å². The van der Waals surface area contributed by atoms with Crippen molar-refractivity contribution in [1.82, 2.24) is 9.55 Å². The minimum Gasteiger partial charge on any atom is -0.268 e. The Kier molecular flexibility index (Phi) is 4.84. The molecule has 3 nitrogen and oxygen atoms in total. The molecule has 0 spiro atoms. The minimum atomic E-state index is -0.0235. The fourth-order valence-electron chi connectivity index (χ4n) is 3.21. The molecule has 0 radical (unpaired) electrons. The van der Waals surface area contributed by atoms with Crippen molar-refractivity contribution in [3.8, 4) is 0 Å². The van der Waals surface area contributed by atoms with Gasteiger partial charge >= 0.3 is 0 Å². The van der Waals surface area contributed by atoms with Gasteiger partial charge in [0.1, 0.15) is 5.82 Å². The maximum atomic E-state index is 13.3. The molecular weight excluding hydrogens is 308 g/mol. The Morgan fingerprint density at radius 1 is 1.24 bits per heavy atom. The van der Waals surface area contributed by atoms with E-state index >= 15 is 0 Å². The molecule has 1 aromatic heterocycles. The highest BCUT2D eigenvalue weighted by molar-refractivity contribution is 5.74. The highest BCUT2D eigenvalue weighted by atomic mass is 16.1. The Balaban J connectivity index is 2.42. The van der Waals surface area contributed by atoms with Gasteiger partial charge in [-0.3, -0.25) is 9.36 Å². The highest BCUT2D eigenvalue weighted by Crippen LogP contribution is 2.20. The molecule has 2 aliphatic rings. The molecule has 25 heavy (non-hydrogen) atoms. The second-order valence-electron chi connectivity index (χ2n) is 6.60. The van der Waals surface area contributed by atoms with Crippen LogP contribution in [-0.4, -0.2) is 9.55 Å². The van der Waals surface area contributed by atoms with Crippen molar-refractivity contribution in [2.24, 2.45) is 11.8 Å². The van der Waals surface area contributed by atoms with Gasteiger partial charge in [-0.25, -0.2) is 4.98 Å². The summed E-state index contributed by atoms with van der Waals surface area (Å²) in [6.07, 6.45) is 17.5. The molecular formula is C22H24N2O. The fraction of sp³-hybridized carbons (Fsp3) is 0.273. The average molecular weight is 332 g/mol. The van der Waals surface area contributed by atoms with Crippen LogP contribution in [0.2, 0.25) is 0 Å². The number of hydrogen-bond acceptors (Lipinski definition) is 2. The predicted octanol–water partition coefficient (Wildman–Crippen LogP) is 3.04. The zero-order valence-electron chi connectivity index (χ0n) is 14.9. The Morgan fingerprint density at radius 2 is 2.00 bits per heavy atom. The Hall–Kier alpha value is -2.68. The van der Waals surface area contributed by atoms with Gasteiger partial charge in [-0.05, 0) is 30.8 Å². The predicted molar refractivity (Wildman–Crippen MR) is 106 cm³/mol. The van der Waals surface area contributed by atoms with Crippen molar-refractivity contribution in [3.63, 3.8) is 0 Å². The Labute approximate surface area is 148 Å². The molecule has 0 bridgehead atoms. The number of fused-ring (bicyclic) bond motifs is 1. The maximum absolute atomic E-state index is 13.3. The molecule has 0 N–H and O–H groups in total. The molecule has 2 atom stereocenters. The van der Waals surface area contributed by atoms with Crippen LogP contribution in [0.25, 0.3) is 23.4 Å². The van der Waals surface area contributed by atoms with Gasteiger partial charge in [-0.15, -0.1) is 0 Å². The maximum Gasteiger partial charge on any atom is 0.265 e. The molecule has 0 saturated heterocycles. The summed E-state index contributed by atoms with van der Waals surface area (Å²) in [5, 5.41) is 1.45. The lowest BCUT2D eigenvalue weighted by Gasteiger charge is -2.20. The van der Waals surface area contributed by atoms with E-state index in [4.69, 9.17) is 4.98 Å². The Morgan fingerprint density at radius 3 is 2.64 bits per heavy atom. The molecule has 2 aliphatic carbocycles. The van der Waals surface area contributed by atoms with Crippen molar-refractivity contribution in [2.45, 2.75) is 26.7 Å². The molecule has 3 rings (SSSR count). The smallest absolute Gasteiger partial charge is 0.265 e. The van der Waals surface area contributed by atoms with E-state index in [1.54, 1.807) is 16.7 Å². The second kappa shape index (κ2) is 7.06. The molecule has 0 saturated carbocycles. The van der Waals surface area contributed by atoms with Gasteiger partial charge in [0, 0.05) is 11.3 Å². The average Bonchev–Trinajstić information content (AvgIpc) is 2.62. The van der Waals surface area contributed by atoms with Gasteiger partial charge in [-0.1, -0.05) is 69.5 Å². The van der Waals surface area contributed by atoms with E-state index in [1.807, 2.05) is 18.2 Å². The first-order valence-corrected chi connectivity index (χ1v) is 8.76. The van der Waals surface area contributed by atoms with E-state index in [0.717, 1.165) is 29.5 Å². The number of aromatic nitrogens is 2. The van der Waals surface area contributed by atoms with E-state index < -0.39 is 0 Å². The van der Waals surface area contributed by atoms with Crippen molar-refractivity contribution in [1.29, 1.82) is 0 Å². The first kappa shape index (κ1) is 17.2. The summed E-state index contributed by atoms with van der Waals surface area (Å²) in [5.74, 6) is 1.29. The molecule has 1 heterocycles. The van der Waals surface area contributed by atoms with Crippen LogP contribution in [0.5, 0.6) is 0 Å². The van der Waals surface area contributed by atoms with Gasteiger partial charge in [-0.2, -0.15) is 0 Å². The third-order valence-electron chi connectivity index (χ3n) is 4.84. The molecule has 0 fully saturated rings. The summed E-state index contributed by atoms with van der Waals surface area (Å²) in [7, 11) is 0. The van der Waals surface area contributed by atoms with Crippen LogP contribution in [0.3, 0.4) is 0 Å². The second-order valence-corrected chi connectivity index (χ2v) is 6.60. The lowest BCUT2D eigenvalue weighted by Crippen LogP contribution is -2.50. The summed E-state index contributed by atoms with van der Waals surface area (Å²) in [6.45, 7) is 11.9. The molecule has 1 aromatic rings. The number of nitrogens with zero attached hydrogens (tertiary/aromatic N) is 2. The molecule has 128 valence electrons. The zero-order valence-corrected chi connectivity index (χ0v) is 14.9. The van der Waals surface area contributed by atoms with Crippen molar-refractivity contribution < 1.29 is 0 Å². The van der Waals surface area contributed by atoms with Crippen LogP contribution in [0.4, 0.5) is 0 Å². The quantitative estimate of drug-likeness (QED) is 0.795. The topological polar surface area (TPSA) is 34.9 Å². The van der Waals surface area contributed by atoms with Gasteiger partial charge in [0.15, 0.2) is 0 Å². The summed E-state index contributed by atoms with van der Waals surface area (Å²) >= 11 is 0. The monoisotopic (exact) mass is 332 g/mol. The number of allylic oxidation sites excluding steroid dienone is 8. The molecule has 3 heteroatoms. The van der Waals surface area contributed by atoms with E-state index in [1.165, 1.54) is 0 Å². The lowest BCUT2D eigenvalue weighted by atomic mass is 9.91. The van der Waals surface area contributed by atoms with Crippen molar-refractivity contribution >= 4 is 23.4 Å². The lowest BCUT2D eigenvalue weighted by molar-refractivity contribution is 0.603. The molecule has 2 unspecified atom stereocenters.